The van der Waals surface area contributed by atoms with Crippen LogP contribution in [-0.2, 0) is 4.79 Å². The molecular formula is C18H12ClN3O3S. The highest BCUT2D eigenvalue weighted by Gasteiger charge is 2.09. The van der Waals surface area contributed by atoms with E-state index in [1.165, 1.54) is 35.6 Å². The van der Waals surface area contributed by atoms with Crippen LogP contribution in [0, 0.1) is 10.1 Å². The monoisotopic (exact) mass is 385 g/mol. The van der Waals surface area contributed by atoms with E-state index in [0.29, 0.717) is 21.4 Å². The number of hydrogen-bond donors (Lipinski definition) is 1. The van der Waals surface area contributed by atoms with Crippen LogP contribution in [0.4, 0.5) is 10.8 Å². The predicted octanol–water partition coefficient (Wildman–Crippen LogP) is 5.02. The van der Waals surface area contributed by atoms with Gasteiger partial charge in [0.25, 0.3) is 5.69 Å². The van der Waals surface area contributed by atoms with E-state index in [4.69, 9.17) is 11.6 Å². The first-order chi connectivity index (χ1) is 12.5. The largest absolute Gasteiger partial charge is 0.298 e. The summed E-state index contributed by atoms with van der Waals surface area (Å²) in [6.07, 6.45) is 2.81. The molecule has 3 rings (SSSR count). The molecule has 0 aliphatic heterocycles. The molecule has 0 fully saturated rings. The molecule has 3 aromatic rings. The number of hydrogen-bond acceptors (Lipinski definition) is 5. The Hall–Kier alpha value is -3.03. The first-order valence-corrected chi connectivity index (χ1v) is 8.72. The van der Waals surface area contributed by atoms with Crippen molar-refractivity contribution in [1.82, 2.24) is 4.98 Å². The standard InChI is InChI=1S/C18H12ClN3O3S/c19-15-7-2-1-6-14(15)16-11-26-18(20-16)21-17(23)9-8-12-4-3-5-13(10-12)22(24)25/h1-11H,(H,20,21,23)/b9-8+. The quantitative estimate of drug-likeness (QED) is 0.379. The van der Waals surface area contributed by atoms with Gasteiger partial charge < -0.3 is 0 Å². The molecule has 1 heterocycles. The summed E-state index contributed by atoms with van der Waals surface area (Å²) in [5.74, 6) is -0.378. The maximum atomic E-state index is 12.0. The average Bonchev–Trinajstić information content (AvgIpc) is 3.08. The van der Waals surface area contributed by atoms with E-state index in [1.807, 2.05) is 18.2 Å². The fraction of sp³-hybridized carbons (Fsp3) is 0. The van der Waals surface area contributed by atoms with E-state index < -0.39 is 4.92 Å². The number of benzene rings is 2. The van der Waals surface area contributed by atoms with Crippen molar-refractivity contribution in [2.75, 3.05) is 5.32 Å². The number of carbonyl (C=O) groups excluding carboxylic acids is 1. The van der Waals surface area contributed by atoms with E-state index in [2.05, 4.69) is 10.3 Å². The second-order valence-electron chi connectivity index (χ2n) is 5.19. The van der Waals surface area contributed by atoms with Crippen LogP contribution in [0.25, 0.3) is 17.3 Å². The van der Waals surface area contributed by atoms with Gasteiger partial charge in [-0.3, -0.25) is 20.2 Å². The van der Waals surface area contributed by atoms with E-state index in [9.17, 15) is 14.9 Å². The summed E-state index contributed by atoms with van der Waals surface area (Å²) in [6.45, 7) is 0. The number of non-ortho nitro benzene ring substituents is 1. The van der Waals surface area contributed by atoms with Gasteiger partial charge in [-0.2, -0.15) is 0 Å². The molecule has 0 aliphatic rings. The zero-order valence-electron chi connectivity index (χ0n) is 13.3. The van der Waals surface area contributed by atoms with Crippen LogP contribution in [-0.4, -0.2) is 15.8 Å². The first kappa shape index (κ1) is 17.8. The fourth-order valence-corrected chi connectivity index (χ4v) is 3.13. The van der Waals surface area contributed by atoms with Crippen molar-refractivity contribution in [3.05, 3.63) is 80.7 Å². The van der Waals surface area contributed by atoms with Crippen LogP contribution in [0.5, 0.6) is 0 Å². The highest BCUT2D eigenvalue weighted by Crippen LogP contribution is 2.30. The molecule has 130 valence electrons. The molecule has 0 bridgehead atoms. The Morgan fingerprint density at radius 2 is 2.04 bits per heavy atom. The van der Waals surface area contributed by atoms with Crippen molar-refractivity contribution in [1.29, 1.82) is 0 Å². The predicted molar refractivity (Wildman–Crippen MR) is 103 cm³/mol. The van der Waals surface area contributed by atoms with Crippen molar-refractivity contribution in [3.8, 4) is 11.3 Å². The van der Waals surface area contributed by atoms with Gasteiger partial charge >= 0.3 is 0 Å². The Bertz CT molecular complexity index is 1000. The summed E-state index contributed by atoms with van der Waals surface area (Å²) in [6, 6.07) is 13.3. The molecule has 6 nitrogen and oxygen atoms in total. The first-order valence-electron chi connectivity index (χ1n) is 7.47. The average molecular weight is 386 g/mol. The lowest BCUT2D eigenvalue weighted by Crippen LogP contribution is -2.07. The maximum Gasteiger partial charge on any atom is 0.270 e. The van der Waals surface area contributed by atoms with Crippen LogP contribution >= 0.6 is 22.9 Å². The molecule has 0 radical (unpaired) electrons. The number of nitro groups is 1. The molecule has 1 N–H and O–H groups in total. The molecule has 0 aliphatic carbocycles. The topological polar surface area (TPSA) is 85.1 Å². The van der Waals surface area contributed by atoms with Gasteiger partial charge in [0.05, 0.1) is 10.6 Å². The third-order valence-electron chi connectivity index (χ3n) is 3.39. The van der Waals surface area contributed by atoms with E-state index in [1.54, 1.807) is 23.6 Å². The lowest BCUT2D eigenvalue weighted by Gasteiger charge is -1.99. The van der Waals surface area contributed by atoms with Crippen LogP contribution < -0.4 is 5.32 Å². The molecule has 26 heavy (non-hydrogen) atoms. The number of thiazole rings is 1. The number of nitrogens with zero attached hydrogens (tertiary/aromatic N) is 2. The minimum Gasteiger partial charge on any atom is -0.298 e. The number of halogens is 1. The summed E-state index contributed by atoms with van der Waals surface area (Å²) in [4.78, 5) is 26.7. The fourth-order valence-electron chi connectivity index (χ4n) is 2.18. The van der Waals surface area contributed by atoms with Crippen molar-refractivity contribution >= 4 is 45.7 Å². The van der Waals surface area contributed by atoms with Crippen molar-refractivity contribution < 1.29 is 9.72 Å². The zero-order valence-corrected chi connectivity index (χ0v) is 14.8. The van der Waals surface area contributed by atoms with Crippen LogP contribution in [0.1, 0.15) is 5.56 Å². The minimum atomic E-state index is -0.483. The Morgan fingerprint density at radius 1 is 1.23 bits per heavy atom. The summed E-state index contributed by atoms with van der Waals surface area (Å²) >= 11 is 7.43. The third-order valence-corrected chi connectivity index (χ3v) is 4.48. The van der Waals surface area contributed by atoms with Gasteiger partial charge in [-0.1, -0.05) is 41.9 Å². The summed E-state index contributed by atoms with van der Waals surface area (Å²) in [5.41, 5.74) is 2.00. The van der Waals surface area contributed by atoms with Crippen molar-refractivity contribution in [2.45, 2.75) is 0 Å². The maximum absolute atomic E-state index is 12.0. The SMILES string of the molecule is O=C(/C=C/c1cccc([N+](=O)[O-])c1)Nc1nc(-c2ccccc2Cl)cs1. The molecule has 8 heteroatoms. The van der Waals surface area contributed by atoms with Crippen LogP contribution in [0.3, 0.4) is 0 Å². The molecule has 0 unspecified atom stereocenters. The smallest absolute Gasteiger partial charge is 0.270 e. The molecule has 1 aromatic heterocycles. The van der Waals surface area contributed by atoms with E-state index in [-0.39, 0.29) is 11.6 Å². The van der Waals surface area contributed by atoms with Crippen molar-refractivity contribution in [3.63, 3.8) is 0 Å². The minimum absolute atomic E-state index is 0.0307. The van der Waals surface area contributed by atoms with Gasteiger partial charge in [-0.25, -0.2) is 4.98 Å². The molecule has 0 saturated heterocycles. The number of anilines is 1. The van der Waals surface area contributed by atoms with Crippen LogP contribution in [0.15, 0.2) is 60.0 Å². The molecule has 0 saturated carbocycles. The number of nitrogens with one attached hydrogen (secondary N) is 1. The van der Waals surface area contributed by atoms with E-state index in [0.717, 1.165) is 5.56 Å². The Balaban J connectivity index is 1.68. The number of aromatic nitrogens is 1. The highest BCUT2D eigenvalue weighted by atomic mass is 35.5. The number of nitro benzene ring substituents is 1. The Labute approximate surface area is 157 Å². The Morgan fingerprint density at radius 3 is 2.81 bits per heavy atom. The van der Waals surface area contributed by atoms with Crippen molar-refractivity contribution in [2.24, 2.45) is 0 Å². The number of rotatable bonds is 5. The van der Waals surface area contributed by atoms with Gasteiger partial charge in [0.15, 0.2) is 5.13 Å². The van der Waals surface area contributed by atoms with E-state index >= 15 is 0 Å². The molecule has 0 atom stereocenters. The Kier molecular flexibility index (Phi) is 5.40. The number of amides is 1. The summed E-state index contributed by atoms with van der Waals surface area (Å²) in [7, 11) is 0. The van der Waals surface area contributed by atoms with Gasteiger partial charge in [0.1, 0.15) is 0 Å². The van der Waals surface area contributed by atoms with Gasteiger partial charge in [0.2, 0.25) is 5.91 Å². The highest BCUT2D eigenvalue weighted by molar-refractivity contribution is 7.14. The summed E-state index contributed by atoms with van der Waals surface area (Å²) in [5, 5.41) is 16.3. The van der Waals surface area contributed by atoms with Gasteiger partial charge in [-0.05, 0) is 17.7 Å². The third kappa shape index (κ3) is 4.33. The van der Waals surface area contributed by atoms with Gasteiger partial charge in [-0.15, -0.1) is 11.3 Å². The van der Waals surface area contributed by atoms with Crippen LogP contribution in [0.2, 0.25) is 5.02 Å². The lowest BCUT2D eigenvalue weighted by molar-refractivity contribution is -0.384. The van der Waals surface area contributed by atoms with Gasteiger partial charge in [0, 0.05) is 34.2 Å². The molecule has 1 amide bonds. The zero-order chi connectivity index (χ0) is 18.5. The number of carbonyl (C=O) groups is 1. The molecular weight excluding hydrogens is 374 g/mol. The second-order valence-corrected chi connectivity index (χ2v) is 6.46. The summed E-state index contributed by atoms with van der Waals surface area (Å²) < 4.78 is 0. The lowest BCUT2D eigenvalue weighted by atomic mass is 10.2. The normalized spacial score (nSPS) is 10.8. The molecule has 0 spiro atoms. The second kappa shape index (κ2) is 7.90. The molecule has 2 aromatic carbocycles.